The highest BCUT2D eigenvalue weighted by atomic mass is 15.5. The monoisotopic (exact) mass is 217 g/mol. The molecule has 2 aromatic rings. The molecule has 1 heterocycles. The van der Waals surface area contributed by atoms with Crippen LogP contribution >= 0.6 is 0 Å². The van der Waals surface area contributed by atoms with E-state index in [9.17, 15) is 0 Å². The van der Waals surface area contributed by atoms with Gasteiger partial charge in [-0.3, -0.25) is 5.84 Å². The molecule has 0 aliphatic heterocycles. The molecule has 0 spiro atoms. The Morgan fingerprint density at radius 3 is 2.31 bits per heavy atom. The van der Waals surface area contributed by atoms with Gasteiger partial charge in [-0.05, 0) is 12.5 Å². The Labute approximate surface area is 95.3 Å². The Hall–Kier alpha value is -1.84. The Bertz CT molecular complexity index is 496. The van der Waals surface area contributed by atoms with Crippen molar-refractivity contribution in [2.45, 2.75) is 27.3 Å². The second-order valence-corrected chi connectivity index (χ2v) is 4.11. The Balaban J connectivity index is 2.27. The van der Waals surface area contributed by atoms with E-state index in [0.717, 1.165) is 18.2 Å². The highest BCUT2D eigenvalue weighted by molar-refractivity contribution is 5.21. The molecular weight excluding hydrogens is 200 g/mol. The largest absolute Gasteiger partial charge is 0.295 e. The van der Waals surface area contributed by atoms with Crippen LogP contribution in [0.3, 0.4) is 0 Å². The molecule has 1 aromatic carbocycles. The first-order chi connectivity index (χ1) is 7.58. The molecule has 0 amide bonds. The summed E-state index contributed by atoms with van der Waals surface area (Å²) in [7, 11) is 0. The normalized spacial score (nSPS) is 10.7. The van der Waals surface area contributed by atoms with Crippen LogP contribution in [0, 0.1) is 20.8 Å². The summed E-state index contributed by atoms with van der Waals surface area (Å²) in [6.45, 7) is 6.71. The number of nitrogens with zero attached hydrogens (tertiary/aromatic N) is 3. The van der Waals surface area contributed by atoms with Crippen molar-refractivity contribution in [3.63, 3.8) is 0 Å². The van der Waals surface area contributed by atoms with E-state index in [1.807, 2.05) is 18.5 Å². The lowest BCUT2D eigenvalue weighted by molar-refractivity contribution is -0.652. The maximum Gasteiger partial charge on any atom is 0.295 e. The van der Waals surface area contributed by atoms with Crippen molar-refractivity contribution < 1.29 is 4.68 Å². The van der Waals surface area contributed by atoms with E-state index >= 15 is 0 Å². The SMILES string of the molecule is Cc1ccc(Cn2nc(C)[n+](N)c2C)cc1. The van der Waals surface area contributed by atoms with Crippen LogP contribution in [0.5, 0.6) is 0 Å². The molecule has 2 rings (SSSR count). The molecule has 0 saturated carbocycles. The molecule has 0 radical (unpaired) electrons. The second-order valence-electron chi connectivity index (χ2n) is 4.11. The fraction of sp³-hybridized carbons (Fsp3) is 0.333. The van der Waals surface area contributed by atoms with Crippen LogP contribution in [-0.2, 0) is 6.54 Å². The zero-order valence-corrected chi connectivity index (χ0v) is 9.94. The lowest BCUT2D eigenvalue weighted by Gasteiger charge is -1.98. The maximum atomic E-state index is 5.81. The minimum Gasteiger partial charge on any atom is -0.289 e. The van der Waals surface area contributed by atoms with Gasteiger partial charge in [0.25, 0.3) is 11.6 Å². The van der Waals surface area contributed by atoms with Gasteiger partial charge in [-0.15, -0.1) is 9.36 Å². The molecule has 1 aromatic heterocycles. The summed E-state index contributed by atoms with van der Waals surface area (Å²) in [6, 6.07) is 8.45. The first-order valence-corrected chi connectivity index (χ1v) is 5.34. The summed E-state index contributed by atoms with van der Waals surface area (Å²) < 4.78 is 3.52. The number of rotatable bonds is 2. The molecule has 0 unspecified atom stereocenters. The lowest BCUT2D eigenvalue weighted by atomic mass is 10.1. The van der Waals surface area contributed by atoms with Gasteiger partial charge in [0, 0.05) is 18.9 Å². The quantitative estimate of drug-likeness (QED) is 0.599. The third-order valence-corrected chi connectivity index (χ3v) is 2.79. The van der Waals surface area contributed by atoms with Gasteiger partial charge in [-0.25, -0.2) is 0 Å². The van der Waals surface area contributed by atoms with Crippen LogP contribution in [-0.4, -0.2) is 9.78 Å². The minimum atomic E-state index is 0.761. The number of aryl methyl sites for hydroxylation is 2. The zero-order valence-electron chi connectivity index (χ0n) is 9.94. The number of hydrogen-bond acceptors (Lipinski definition) is 2. The van der Waals surface area contributed by atoms with Crippen molar-refractivity contribution in [2.24, 2.45) is 0 Å². The minimum absolute atomic E-state index is 0.761. The predicted octanol–water partition coefficient (Wildman–Crippen LogP) is 0.858. The molecular formula is C12H17N4+. The van der Waals surface area contributed by atoms with Crippen molar-refractivity contribution in [1.29, 1.82) is 0 Å². The van der Waals surface area contributed by atoms with Gasteiger partial charge >= 0.3 is 0 Å². The highest BCUT2D eigenvalue weighted by Crippen LogP contribution is 2.05. The van der Waals surface area contributed by atoms with Crippen LogP contribution in [0.25, 0.3) is 0 Å². The summed E-state index contributed by atoms with van der Waals surface area (Å²) in [4.78, 5) is 0. The van der Waals surface area contributed by atoms with Crippen LogP contribution in [0.15, 0.2) is 24.3 Å². The summed E-state index contributed by atoms with van der Waals surface area (Å²) >= 11 is 0. The number of benzene rings is 1. The molecule has 0 bridgehead atoms. The fourth-order valence-corrected chi connectivity index (χ4v) is 1.67. The highest BCUT2D eigenvalue weighted by Gasteiger charge is 2.16. The number of nitrogen functional groups attached to an aromatic ring is 1. The first-order valence-electron chi connectivity index (χ1n) is 5.34. The first kappa shape index (κ1) is 10.7. The van der Waals surface area contributed by atoms with Gasteiger partial charge in [-0.2, -0.15) is 0 Å². The van der Waals surface area contributed by atoms with Gasteiger partial charge in [0.2, 0.25) is 0 Å². The molecule has 0 aliphatic rings. The number of aromatic nitrogens is 3. The summed E-state index contributed by atoms with van der Waals surface area (Å²) in [5.41, 5.74) is 2.50. The topological polar surface area (TPSA) is 47.7 Å². The second kappa shape index (κ2) is 3.96. The molecule has 4 heteroatoms. The zero-order chi connectivity index (χ0) is 11.7. The van der Waals surface area contributed by atoms with Crippen LogP contribution in [0.4, 0.5) is 0 Å². The number of hydrogen-bond donors (Lipinski definition) is 1. The Kier molecular flexibility index (Phi) is 2.64. The standard InChI is InChI=1S/C12H17N4/c1-9-4-6-12(7-5-9)8-15-11(3)16(13)10(2)14-15/h4-7H,8,13H2,1-3H3/q+1. The van der Waals surface area contributed by atoms with Gasteiger partial charge in [0.05, 0.1) is 0 Å². The van der Waals surface area contributed by atoms with Crippen molar-refractivity contribution in [1.82, 2.24) is 9.78 Å². The van der Waals surface area contributed by atoms with Crippen molar-refractivity contribution in [3.05, 3.63) is 47.0 Å². The Morgan fingerprint density at radius 1 is 1.19 bits per heavy atom. The lowest BCUT2D eigenvalue weighted by Crippen LogP contribution is -2.48. The van der Waals surface area contributed by atoms with Crippen molar-refractivity contribution in [2.75, 3.05) is 5.84 Å². The molecule has 0 atom stereocenters. The van der Waals surface area contributed by atoms with Crippen LogP contribution < -0.4 is 10.5 Å². The van der Waals surface area contributed by atoms with E-state index in [0.29, 0.717) is 0 Å². The average molecular weight is 217 g/mol. The molecule has 0 saturated heterocycles. The summed E-state index contributed by atoms with van der Waals surface area (Å²) in [5, 5.41) is 4.38. The van der Waals surface area contributed by atoms with E-state index in [2.05, 4.69) is 36.3 Å². The van der Waals surface area contributed by atoms with E-state index in [4.69, 9.17) is 5.84 Å². The van der Waals surface area contributed by atoms with E-state index in [1.165, 1.54) is 11.1 Å². The van der Waals surface area contributed by atoms with Crippen LogP contribution in [0.1, 0.15) is 22.8 Å². The molecule has 0 fully saturated rings. The van der Waals surface area contributed by atoms with Gasteiger partial charge < -0.3 is 0 Å². The fourth-order valence-electron chi connectivity index (χ4n) is 1.67. The summed E-state index contributed by atoms with van der Waals surface area (Å²) in [5.74, 6) is 7.59. The molecule has 0 aliphatic carbocycles. The Morgan fingerprint density at radius 2 is 1.81 bits per heavy atom. The third-order valence-electron chi connectivity index (χ3n) is 2.79. The van der Waals surface area contributed by atoms with E-state index < -0.39 is 0 Å². The van der Waals surface area contributed by atoms with Crippen LogP contribution in [0.2, 0.25) is 0 Å². The third kappa shape index (κ3) is 1.91. The van der Waals surface area contributed by atoms with Gasteiger partial charge in [-0.1, -0.05) is 29.8 Å². The van der Waals surface area contributed by atoms with E-state index in [-0.39, 0.29) is 0 Å². The van der Waals surface area contributed by atoms with E-state index in [1.54, 1.807) is 4.68 Å². The summed E-state index contributed by atoms with van der Waals surface area (Å²) in [6.07, 6.45) is 0. The van der Waals surface area contributed by atoms with Crippen molar-refractivity contribution in [3.8, 4) is 0 Å². The smallest absolute Gasteiger partial charge is 0.289 e. The molecule has 2 N–H and O–H groups in total. The molecule has 16 heavy (non-hydrogen) atoms. The van der Waals surface area contributed by atoms with Crippen molar-refractivity contribution >= 4 is 0 Å². The molecule has 4 nitrogen and oxygen atoms in total. The predicted molar refractivity (Wildman–Crippen MR) is 62.3 cm³/mol. The van der Waals surface area contributed by atoms with Gasteiger partial charge in [0.15, 0.2) is 0 Å². The van der Waals surface area contributed by atoms with Gasteiger partial charge in [0.1, 0.15) is 6.54 Å². The maximum absolute atomic E-state index is 5.81. The number of nitrogens with two attached hydrogens (primary N) is 1. The average Bonchev–Trinajstić information content (AvgIpc) is 2.50. The molecule has 84 valence electrons.